The molecule has 4 heteroatoms. The lowest BCUT2D eigenvalue weighted by molar-refractivity contribution is -0.110. The third kappa shape index (κ3) is 2.71. The number of fused-ring (bicyclic) bond motifs is 1. The highest BCUT2D eigenvalue weighted by atomic mass is 35.5. The van der Waals surface area contributed by atoms with Gasteiger partial charge in [-0.25, -0.2) is 0 Å². The summed E-state index contributed by atoms with van der Waals surface area (Å²) < 4.78 is 0. The Balaban J connectivity index is 2.09. The van der Waals surface area contributed by atoms with Crippen LogP contribution in [0.4, 0.5) is 0 Å². The molecule has 1 heterocycles. The summed E-state index contributed by atoms with van der Waals surface area (Å²) in [6, 6.07) is 22.1. The molecule has 0 aliphatic rings. The van der Waals surface area contributed by atoms with E-state index in [0.717, 1.165) is 39.6 Å². The molecule has 0 radical (unpaired) electrons. The SMILES string of the molecule is Cc1c([C@](C=O)(c2ccccc2)c2ccc(O)cc2)[nH]c2ccc(Cl)cc12. The minimum atomic E-state index is -1.02. The van der Waals surface area contributed by atoms with Crippen molar-refractivity contribution in [1.82, 2.24) is 4.98 Å². The quantitative estimate of drug-likeness (QED) is 0.471. The number of phenols is 1. The number of halogens is 1. The van der Waals surface area contributed by atoms with Crippen LogP contribution in [-0.2, 0) is 10.2 Å². The minimum Gasteiger partial charge on any atom is -0.508 e. The second-order valence-electron chi connectivity index (χ2n) is 6.65. The molecule has 0 bridgehead atoms. The van der Waals surface area contributed by atoms with E-state index < -0.39 is 5.41 Å². The third-order valence-corrected chi connectivity index (χ3v) is 5.38. The van der Waals surface area contributed by atoms with E-state index in [9.17, 15) is 9.90 Å². The molecule has 3 aromatic carbocycles. The Kier molecular flexibility index (Phi) is 4.25. The van der Waals surface area contributed by atoms with Crippen molar-refractivity contribution in [2.24, 2.45) is 0 Å². The number of aromatic nitrogens is 1. The van der Waals surface area contributed by atoms with E-state index >= 15 is 0 Å². The van der Waals surface area contributed by atoms with Gasteiger partial charge in [0, 0.05) is 21.6 Å². The van der Waals surface area contributed by atoms with Crippen LogP contribution in [0.2, 0.25) is 5.02 Å². The number of rotatable bonds is 4. The highest BCUT2D eigenvalue weighted by molar-refractivity contribution is 6.31. The molecule has 4 rings (SSSR count). The van der Waals surface area contributed by atoms with Crippen molar-refractivity contribution in [3.63, 3.8) is 0 Å². The Morgan fingerprint density at radius 1 is 0.963 bits per heavy atom. The van der Waals surface area contributed by atoms with E-state index in [0.29, 0.717) is 5.02 Å². The maximum atomic E-state index is 12.7. The second kappa shape index (κ2) is 6.60. The van der Waals surface area contributed by atoms with Crippen LogP contribution in [0.15, 0.2) is 72.8 Å². The van der Waals surface area contributed by atoms with Crippen molar-refractivity contribution in [2.45, 2.75) is 12.3 Å². The van der Waals surface area contributed by atoms with E-state index in [4.69, 9.17) is 11.6 Å². The van der Waals surface area contributed by atoms with Gasteiger partial charge in [-0.05, 0) is 53.9 Å². The second-order valence-corrected chi connectivity index (χ2v) is 7.09. The van der Waals surface area contributed by atoms with Crippen molar-refractivity contribution < 1.29 is 9.90 Å². The van der Waals surface area contributed by atoms with Gasteiger partial charge in [0.05, 0.1) is 0 Å². The molecule has 0 saturated heterocycles. The molecule has 0 unspecified atom stereocenters. The number of hydrogen-bond acceptors (Lipinski definition) is 2. The number of aryl methyl sites for hydroxylation is 1. The summed E-state index contributed by atoms with van der Waals surface area (Å²) in [6.45, 7) is 1.99. The maximum absolute atomic E-state index is 12.7. The van der Waals surface area contributed by atoms with Crippen LogP contribution in [0.5, 0.6) is 5.75 Å². The van der Waals surface area contributed by atoms with Crippen molar-refractivity contribution in [2.75, 3.05) is 0 Å². The first-order chi connectivity index (χ1) is 13.1. The number of benzene rings is 3. The molecule has 0 amide bonds. The molecule has 0 spiro atoms. The maximum Gasteiger partial charge on any atom is 0.140 e. The fraction of sp³-hybridized carbons (Fsp3) is 0.0870. The number of H-pyrrole nitrogens is 1. The van der Waals surface area contributed by atoms with Gasteiger partial charge in [0.15, 0.2) is 0 Å². The summed E-state index contributed by atoms with van der Waals surface area (Å²) >= 11 is 6.19. The molecule has 4 aromatic rings. The largest absolute Gasteiger partial charge is 0.508 e. The Bertz CT molecular complexity index is 1120. The molecule has 0 aliphatic heterocycles. The lowest BCUT2D eigenvalue weighted by atomic mass is 9.72. The number of aromatic hydroxyl groups is 1. The number of hydrogen-bond donors (Lipinski definition) is 2. The number of phenolic OH excluding ortho intramolecular Hbond substituents is 1. The van der Waals surface area contributed by atoms with Crippen molar-refractivity contribution in [3.8, 4) is 5.75 Å². The van der Waals surface area contributed by atoms with Gasteiger partial charge in [-0.1, -0.05) is 54.1 Å². The predicted octanol–water partition coefficient (Wildman–Crippen LogP) is 5.37. The van der Waals surface area contributed by atoms with Crippen molar-refractivity contribution in [1.29, 1.82) is 0 Å². The van der Waals surface area contributed by atoms with Gasteiger partial charge in [0.25, 0.3) is 0 Å². The molecule has 134 valence electrons. The predicted molar refractivity (Wildman–Crippen MR) is 109 cm³/mol. The molecule has 0 aliphatic carbocycles. The van der Waals surface area contributed by atoms with E-state index in [-0.39, 0.29) is 5.75 Å². The first kappa shape index (κ1) is 17.4. The summed E-state index contributed by atoms with van der Waals surface area (Å²) in [4.78, 5) is 16.1. The van der Waals surface area contributed by atoms with Crippen LogP contribution >= 0.6 is 11.6 Å². The summed E-state index contributed by atoms with van der Waals surface area (Å²) in [6.07, 6.45) is 0.966. The molecule has 1 atom stereocenters. The van der Waals surface area contributed by atoms with E-state index in [1.165, 1.54) is 0 Å². The van der Waals surface area contributed by atoms with E-state index in [1.807, 2.05) is 55.5 Å². The van der Waals surface area contributed by atoms with Crippen LogP contribution in [-0.4, -0.2) is 16.4 Å². The minimum absolute atomic E-state index is 0.159. The summed E-state index contributed by atoms with van der Waals surface area (Å²) in [7, 11) is 0. The van der Waals surface area contributed by atoms with Crippen LogP contribution in [0.3, 0.4) is 0 Å². The van der Waals surface area contributed by atoms with Gasteiger partial charge in [0.2, 0.25) is 0 Å². The fourth-order valence-corrected chi connectivity index (χ4v) is 3.94. The van der Waals surface area contributed by atoms with Crippen LogP contribution in [0.1, 0.15) is 22.4 Å². The van der Waals surface area contributed by atoms with Crippen LogP contribution < -0.4 is 0 Å². The standard InChI is InChI=1S/C23H18ClNO2/c1-15-20-13-18(24)9-12-21(20)25-22(15)23(14-26,16-5-3-2-4-6-16)17-7-10-19(27)11-8-17/h2-14,25,27H,1H3/t23-/m1/s1. The molecule has 2 N–H and O–H groups in total. The normalized spacial score (nSPS) is 13.4. The number of aromatic amines is 1. The van der Waals surface area contributed by atoms with Gasteiger partial charge >= 0.3 is 0 Å². The van der Waals surface area contributed by atoms with Crippen molar-refractivity contribution >= 4 is 28.8 Å². The Morgan fingerprint density at radius 2 is 1.63 bits per heavy atom. The lowest BCUT2D eigenvalue weighted by Gasteiger charge is -2.29. The van der Waals surface area contributed by atoms with Gasteiger partial charge in [-0.3, -0.25) is 0 Å². The topological polar surface area (TPSA) is 53.1 Å². The first-order valence-corrected chi connectivity index (χ1v) is 9.04. The molecule has 1 aromatic heterocycles. The first-order valence-electron chi connectivity index (χ1n) is 8.66. The molecular weight excluding hydrogens is 358 g/mol. The number of nitrogens with one attached hydrogen (secondary N) is 1. The van der Waals surface area contributed by atoms with Gasteiger partial charge in [-0.15, -0.1) is 0 Å². The zero-order valence-corrected chi connectivity index (χ0v) is 15.5. The number of aldehydes is 1. The highest BCUT2D eigenvalue weighted by Gasteiger charge is 2.39. The average molecular weight is 376 g/mol. The smallest absolute Gasteiger partial charge is 0.140 e. The monoisotopic (exact) mass is 375 g/mol. The Morgan fingerprint density at radius 3 is 2.30 bits per heavy atom. The number of carbonyl (C=O) groups excluding carboxylic acids is 1. The average Bonchev–Trinajstić information content (AvgIpc) is 3.02. The van der Waals surface area contributed by atoms with Crippen LogP contribution in [0.25, 0.3) is 10.9 Å². The van der Waals surface area contributed by atoms with Gasteiger partial charge in [0.1, 0.15) is 17.5 Å². The molecular formula is C23H18ClNO2. The van der Waals surface area contributed by atoms with Gasteiger partial charge in [-0.2, -0.15) is 0 Å². The molecule has 3 nitrogen and oxygen atoms in total. The zero-order chi connectivity index (χ0) is 19.0. The molecule has 27 heavy (non-hydrogen) atoms. The van der Waals surface area contributed by atoms with E-state index in [2.05, 4.69) is 4.98 Å². The van der Waals surface area contributed by atoms with Crippen LogP contribution in [0, 0.1) is 6.92 Å². The lowest BCUT2D eigenvalue weighted by Crippen LogP contribution is -2.32. The summed E-state index contributed by atoms with van der Waals surface area (Å²) in [5.41, 5.74) is 3.30. The summed E-state index contributed by atoms with van der Waals surface area (Å²) in [5, 5.41) is 11.4. The Hall–Kier alpha value is -3.04. The fourth-order valence-electron chi connectivity index (χ4n) is 3.77. The van der Waals surface area contributed by atoms with Crippen molar-refractivity contribution in [3.05, 3.63) is 100 Å². The molecule has 0 fully saturated rings. The summed E-state index contributed by atoms with van der Waals surface area (Å²) in [5.74, 6) is 0.159. The zero-order valence-electron chi connectivity index (χ0n) is 14.7. The Labute approximate surface area is 162 Å². The van der Waals surface area contributed by atoms with E-state index in [1.54, 1.807) is 24.3 Å². The number of carbonyl (C=O) groups is 1. The third-order valence-electron chi connectivity index (χ3n) is 5.14. The highest BCUT2D eigenvalue weighted by Crippen LogP contribution is 2.41. The molecule has 0 saturated carbocycles. The van der Waals surface area contributed by atoms with Gasteiger partial charge < -0.3 is 14.9 Å².